The second-order valence-corrected chi connectivity index (χ2v) is 33.8. The normalized spacial score (nSPS) is 14.0. The first-order valence-electron chi connectivity index (χ1n) is 41.8. The zero-order valence-electron chi connectivity index (χ0n) is 67.1. The maximum absolute atomic E-state index is 6.52. The number of benzene rings is 21. The van der Waals surface area contributed by atoms with Crippen LogP contribution >= 0.6 is 0 Å². The van der Waals surface area contributed by atoms with Crippen LogP contribution in [0.25, 0.3) is 208 Å². The Balaban J connectivity index is 0.000000103. The largest absolute Gasteiger partial charge is 0.464 e. The summed E-state index contributed by atoms with van der Waals surface area (Å²) < 4.78 is 19.3. The molecule has 6 heteroatoms. The first-order chi connectivity index (χ1) is 59.4. The number of hydrogen-bond donors (Lipinski definition) is 1. The maximum atomic E-state index is 6.52. The topological polar surface area (TPSA) is 73.3 Å². The Morgan fingerprint density at radius 3 is 1.21 bits per heavy atom. The van der Waals surface area contributed by atoms with Crippen molar-refractivity contribution < 1.29 is 13.6 Å². The van der Waals surface area contributed by atoms with E-state index in [4.69, 9.17) is 23.5 Å². The highest BCUT2D eigenvalue weighted by molar-refractivity contribution is 6.26. The number of nitrogens with zero attached hydrogens (tertiary/aromatic N) is 2. The summed E-state index contributed by atoms with van der Waals surface area (Å²) in [6, 6.07) is 137. The lowest BCUT2D eigenvalue weighted by molar-refractivity contribution is 0.263. The molecule has 0 fully saturated rings. The van der Waals surface area contributed by atoms with Gasteiger partial charge in [0.05, 0.1) is 5.69 Å². The molecule has 1 aliphatic heterocycles. The standard InChI is InChI=1S/C40H27NO.C39H23NO.C36H27NO/c1-40(2)33-20-16-24-8-6-7-11-30(24)37(33)32-19-15-28(23-34(32)40)27-14-18-31-29(22-27)13-12-25-17-21-35-38(36(25)31)42-39(41-35)26-9-4-3-5-10-26;1-2-8-25(9-3-1)39-40-36-21-18-24-14-15-28-22-26(16-19-29(28)37(24)38(36)41-39)27-17-20-34-32-12-5-4-10-30(32)31-11-6-7-13-33(31)35(34)23-27;1-36(2)30-11-7-6-10-28(30)29-18-15-25(21-31(29)36)24-14-17-27-26(20-24)13-12-22-16-19-32-34(33(22)27)38-35(37-32)23-8-4-3-5-9-23/h3-23H,1-2H3;1-23H;3-21,35,37H,1-2H3. The van der Waals surface area contributed by atoms with E-state index in [9.17, 15) is 0 Å². The molecule has 1 atom stereocenters. The van der Waals surface area contributed by atoms with Gasteiger partial charge >= 0.3 is 0 Å². The Bertz CT molecular complexity index is 8250. The molecular weight excluding hydrogens is 1470 g/mol. The molecule has 3 heterocycles. The van der Waals surface area contributed by atoms with E-state index in [2.05, 4.69) is 348 Å². The first kappa shape index (κ1) is 70.0. The lowest BCUT2D eigenvalue weighted by Gasteiger charge is -2.22. The van der Waals surface area contributed by atoms with E-state index in [1.165, 1.54) is 164 Å². The zero-order chi connectivity index (χ0) is 80.3. The predicted octanol–water partition coefficient (Wildman–Crippen LogP) is 31.3. The molecule has 23 aromatic rings. The van der Waals surface area contributed by atoms with Gasteiger partial charge in [0.15, 0.2) is 23.1 Å². The summed E-state index contributed by atoms with van der Waals surface area (Å²) in [5.74, 6) is 2.24. The van der Waals surface area contributed by atoms with Crippen LogP contribution < -0.4 is 10.1 Å². The van der Waals surface area contributed by atoms with Crippen molar-refractivity contribution in [3.8, 4) is 84.3 Å². The van der Waals surface area contributed by atoms with E-state index in [-0.39, 0.29) is 17.1 Å². The third kappa shape index (κ3) is 11.2. The summed E-state index contributed by atoms with van der Waals surface area (Å²) in [7, 11) is 0. The SMILES string of the molecule is CC1(C)c2cc(-c3ccc4c(ccc5ccc6nc(-c7ccccc7)oc6c54)c3)ccc2-c2c1ccc1ccccc21.CC1(C)c2ccccc2-c2ccc(-c3ccc4c(ccc5ccc6c(c54)OC(c4ccccc4)N6)c3)cc21.c1ccc(-c2nc3ccc4ccc5cc(-c6ccc7c8ccccc8c8ccccc8c7c6)ccc5c4c3o2)cc1. The molecule has 0 saturated heterocycles. The minimum Gasteiger partial charge on any atom is -0.464 e. The quantitative estimate of drug-likeness (QED) is 0.167. The van der Waals surface area contributed by atoms with Crippen molar-refractivity contribution in [2.45, 2.75) is 44.8 Å². The van der Waals surface area contributed by atoms with Gasteiger partial charge in [-0.3, -0.25) is 0 Å². The fraction of sp³-hybridized carbons (Fsp3) is 0.0609. The molecule has 3 aliphatic rings. The third-order valence-electron chi connectivity index (χ3n) is 26.2. The van der Waals surface area contributed by atoms with E-state index in [0.29, 0.717) is 11.8 Å². The molecule has 21 aromatic carbocycles. The Labute approximate surface area is 698 Å². The number of nitrogens with one attached hydrogen (secondary N) is 1. The van der Waals surface area contributed by atoms with Crippen LogP contribution in [0.1, 0.15) is 61.7 Å². The van der Waals surface area contributed by atoms with Crippen molar-refractivity contribution >= 4 is 136 Å². The van der Waals surface area contributed by atoms with E-state index < -0.39 is 0 Å². The summed E-state index contributed by atoms with van der Waals surface area (Å²) in [6.45, 7) is 9.39. The molecule has 2 aromatic heterocycles. The van der Waals surface area contributed by atoms with Crippen molar-refractivity contribution in [1.82, 2.24) is 9.97 Å². The number of ether oxygens (including phenoxy) is 1. The molecule has 0 bridgehead atoms. The number of fused-ring (bicyclic) bond motifs is 29. The number of oxazole rings is 2. The second kappa shape index (κ2) is 27.2. The summed E-state index contributed by atoms with van der Waals surface area (Å²) in [6.07, 6.45) is -0.176. The monoisotopic (exact) mass is 1550 g/mol. The Morgan fingerprint density at radius 1 is 0.256 bits per heavy atom. The lowest BCUT2D eigenvalue weighted by Crippen LogP contribution is -2.15. The van der Waals surface area contributed by atoms with E-state index in [1.54, 1.807) is 0 Å². The van der Waals surface area contributed by atoms with Gasteiger partial charge in [-0.2, -0.15) is 0 Å². The van der Waals surface area contributed by atoms with Crippen molar-refractivity contribution in [2.75, 3.05) is 5.32 Å². The predicted molar refractivity (Wildman–Crippen MR) is 505 cm³/mol. The average Bonchev–Trinajstić information content (AvgIpc) is 1.56. The van der Waals surface area contributed by atoms with Crippen LogP contribution in [0.15, 0.2) is 391 Å². The van der Waals surface area contributed by atoms with Crippen LogP contribution in [0.4, 0.5) is 5.69 Å². The lowest BCUT2D eigenvalue weighted by atomic mass is 9.81. The van der Waals surface area contributed by atoms with Gasteiger partial charge in [-0.25, -0.2) is 9.97 Å². The summed E-state index contributed by atoms with van der Waals surface area (Å²) >= 11 is 0. The summed E-state index contributed by atoms with van der Waals surface area (Å²) in [5.41, 5.74) is 25.9. The van der Waals surface area contributed by atoms with Crippen molar-refractivity contribution in [3.05, 3.63) is 410 Å². The number of hydrogen-bond acceptors (Lipinski definition) is 6. The van der Waals surface area contributed by atoms with Crippen LogP contribution in [0.5, 0.6) is 5.75 Å². The van der Waals surface area contributed by atoms with Crippen LogP contribution in [-0.2, 0) is 10.8 Å². The molecule has 121 heavy (non-hydrogen) atoms. The highest BCUT2D eigenvalue weighted by Gasteiger charge is 2.38. The van der Waals surface area contributed by atoms with Crippen LogP contribution in [0, 0.1) is 0 Å². The molecular formula is C115H77N3O3. The minimum absolute atomic E-state index is 0.00479. The van der Waals surface area contributed by atoms with Crippen LogP contribution in [-0.4, -0.2) is 9.97 Å². The van der Waals surface area contributed by atoms with E-state index >= 15 is 0 Å². The molecule has 1 N–H and O–H groups in total. The Morgan fingerprint density at radius 2 is 0.645 bits per heavy atom. The van der Waals surface area contributed by atoms with Gasteiger partial charge in [0.2, 0.25) is 11.8 Å². The zero-order valence-corrected chi connectivity index (χ0v) is 67.1. The average molecular weight is 1550 g/mol. The summed E-state index contributed by atoms with van der Waals surface area (Å²) in [4.78, 5) is 9.63. The van der Waals surface area contributed by atoms with E-state index in [1.807, 2.05) is 66.7 Å². The highest BCUT2D eigenvalue weighted by Crippen LogP contribution is 2.55. The molecule has 0 radical (unpaired) electrons. The molecule has 1 unspecified atom stereocenters. The smallest absolute Gasteiger partial charge is 0.227 e. The fourth-order valence-corrected chi connectivity index (χ4v) is 20.1. The highest BCUT2D eigenvalue weighted by atomic mass is 16.5. The number of aromatic nitrogens is 2. The van der Waals surface area contributed by atoms with Gasteiger partial charge in [-0.05, 0) is 248 Å². The van der Waals surface area contributed by atoms with E-state index in [0.717, 1.165) is 71.9 Å². The van der Waals surface area contributed by atoms with Gasteiger partial charge < -0.3 is 18.9 Å². The van der Waals surface area contributed by atoms with Crippen LogP contribution in [0.2, 0.25) is 0 Å². The molecule has 0 amide bonds. The summed E-state index contributed by atoms with van der Waals surface area (Å²) in [5, 5.41) is 28.0. The van der Waals surface area contributed by atoms with Crippen molar-refractivity contribution in [1.29, 1.82) is 0 Å². The van der Waals surface area contributed by atoms with Crippen LogP contribution in [0.3, 0.4) is 0 Å². The fourth-order valence-electron chi connectivity index (χ4n) is 20.1. The van der Waals surface area contributed by atoms with Gasteiger partial charge in [-0.15, -0.1) is 0 Å². The van der Waals surface area contributed by atoms with Crippen molar-refractivity contribution in [3.63, 3.8) is 0 Å². The molecule has 0 spiro atoms. The molecule has 2 aliphatic carbocycles. The third-order valence-corrected chi connectivity index (χ3v) is 26.2. The molecule has 6 nitrogen and oxygen atoms in total. The molecule has 26 rings (SSSR count). The Kier molecular flexibility index (Phi) is 15.7. The second-order valence-electron chi connectivity index (χ2n) is 33.8. The van der Waals surface area contributed by atoms with Crippen molar-refractivity contribution in [2.24, 2.45) is 0 Å². The first-order valence-corrected chi connectivity index (χ1v) is 41.8. The van der Waals surface area contributed by atoms with Gasteiger partial charge in [0.25, 0.3) is 0 Å². The molecule has 570 valence electrons. The molecule has 0 saturated carbocycles. The number of anilines is 1. The van der Waals surface area contributed by atoms with Gasteiger partial charge in [0, 0.05) is 43.7 Å². The van der Waals surface area contributed by atoms with Gasteiger partial charge in [0.1, 0.15) is 11.0 Å². The number of rotatable bonds is 6. The minimum atomic E-state index is -0.176. The van der Waals surface area contributed by atoms with Gasteiger partial charge in [-0.1, -0.05) is 331 Å². The Hall–Kier alpha value is -15.2. The maximum Gasteiger partial charge on any atom is 0.227 e.